The Morgan fingerprint density at radius 2 is 2.19 bits per heavy atom. The number of rotatable bonds is 8. The molecule has 7 heteroatoms. The maximum absolute atomic E-state index is 13.3. The minimum Gasteiger partial charge on any atom is -0.394 e. The van der Waals surface area contributed by atoms with Gasteiger partial charge in [0.2, 0.25) is 0 Å². The number of unbranched alkanes of at least 4 members (excludes halogenated alkanes) is 1. The maximum Gasteiger partial charge on any atom is 0.322 e. The molecule has 3 atom stereocenters. The lowest BCUT2D eigenvalue weighted by molar-refractivity contribution is 0.130. The number of carbonyl (C=O) groups excluding carboxylic acids is 1. The minimum absolute atomic E-state index is 0.0326. The highest BCUT2D eigenvalue weighted by atomic mass is 35.5. The molecule has 1 aliphatic rings. The smallest absolute Gasteiger partial charge is 0.322 e. The summed E-state index contributed by atoms with van der Waals surface area (Å²) in [6.07, 6.45) is 3.23. The van der Waals surface area contributed by atoms with Gasteiger partial charge in [0.25, 0.3) is 0 Å². The number of anilines is 1. The fraction of sp³-hybridized carbons (Fsp3) is 0.650. The van der Waals surface area contributed by atoms with Gasteiger partial charge in [-0.3, -0.25) is 0 Å². The largest absolute Gasteiger partial charge is 0.394 e. The Labute approximate surface area is 166 Å². The van der Waals surface area contributed by atoms with Crippen molar-refractivity contribution in [3.63, 3.8) is 0 Å². The Kier molecular flexibility index (Phi) is 8.32. The summed E-state index contributed by atoms with van der Waals surface area (Å²) in [5.74, 6) is 0.0449. The van der Waals surface area contributed by atoms with Crippen LogP contribution in [0.15, 0.2) is 18.2 Å². The van der Waals surface area contributed by atoms with Gasteiger partial charge < -0.3 is 20.2 Å². The topological polar surface area (TPSA) is 55.8 Å². The number of carbonyl (C=O) groups is 1. The Morgan fingerprint density at radius 1 is 1.44 bits per heavy atom. The highest BCUT2D eigenvalue weighted by Crippen LogP contribution is 2.33. The molecule has 1 aromatic rings. The molecule has 1 fully saturated rings. The van der Waals surface area contributed by atoms with Crippen molar-refractivity contribution in [1.29, 1.82) is 0 Å². The van der Waals surface area contributed by atoms with E-state index in [1.165, 1.54) is 18.2 Å². The average molecular weight is 400 g/mol. The molecule has 2 amide bonds. The van der Waals surface area contributed by atoms with E-state index in [4.69, 9.17) is 11.6 Å². The first kappa shape index (κ1) is 21.9. The van der Waals surface area contributed by atoms with E-state index < -0.39 is 5.82 Å². The van der Waals surface area contributed by atoms with E-state index in [2.05, 4.69) is 31.1 Å². The normalized spacial score (nSPS) is 22.5. The van der Waals surface area contributed by atoms with Gasteiger partial charge in [0.15, 0.2) is 0 Å². The molecular weight excluding hydrogens is 369 g/mol. The number of benzene rings is 1. The predicted octanol–water partition coefficient (Wildman–Crippen LogP) is 4.06. The second-order valence-electron chi connectivity index (χ2n) is 7.41. The van der Waals surface area contributed by atoms with E-state index >= 15 is 0 Å². The van der Waals surface area contributed by atoms with Crippen molar-refractivity contribution in [2.75, 3.05) is 38.6 Å². The number of aliphatic hydroxyl groups is 1. The molecule has 0 bridgehead atoms. The van der Waals surface area contributed by atoms with Crippen molar-refractivity contribution in [3.8, 4) is 0 Å². The summed E-state index contributed by atoms with van der Waals surface area (Å²) < 4.78 is 13.3. The number of hydrogen-bond acceptors (Lipinski definition) is 3. The van der Waals surface area contributed by atoms with Crippen LogP contribution in [0.2, 0.25) is 5.02 Å². The number of halogens is 2. The van der Waals surface area contributed by atoms with Gasteiger partial charge in [0, 0.05) is 18.8 Å². The SMILES string of the molecule is CCCCN(C)C[C@@H]1[C@H](CC)CN(C(=O)Nc2ccc(F)c(Cl)c2)[C@@H]1CO. The summed E-state index contributed by atoms with van der Waals surface area (Å²) in [6, 6.07) is 3.60. The van der Waals surface area contributed by atoms with Crippen LogP contribution < -0.4 is 5.32 Å². The monoisotopic (exact) mass is 399 g/mol. The van der Waals surface area contributed by atoms with E-state index in [0.29, 0.717) is 18.2 Å². The molecule has 5 nitrogen and oxygen atoms in total. The molecule has 152 valence electrons. The first-order valence-corrected chi connectivity index (χ1v) is 10.1. The molecule has 0 radical (unpaired) electrons. The van der Waals surface area contributed by atoms with Crippen LogP contribution in [-0.2, 0) is 0 Å². The number of nitrogens with one attached hydrogen (secondary N) is 1. The van der Waals surface area contributed by atoms with Gasteiger partial charge in [-0.15, -0.1) is 0 Å². The average Bonchev–Trinajstić information content (AvgIpc) is 3.00. The molecular formula is C20H31ClFN3O2. The van der Waals surface area contributed by atoms with E-state index in [1.54, 1.807) is 4.90 Å². The van der Waals surface area contributed by atoms with Crippen LogP contribution in [0.1, 0.15) is 33.1 Å². The zero-order chi connectivity index (χ0) is 20.0. The lowest BCUT2D eigenvalue weighted by Crippen LogP contribution is -2.44. The van der Waals surface area contributed by atoms with Crippen molar-refractivity contribution in [2.24, 2.45) is 11.8 Å². The van der Waals surface area contributed by atoms with Crippen LogP contribution in [0.3, 0.4) is 0 Å². The lowest BCUT2D eigenvalue weighted by Gasteiger charge is -2.30. The molecule has 0 aromatic heterocycles. The van der Waals surface area contributed by atoms with Gasteiger partial charge in [0.05, 0.1) is 17.7 Å². The van der Waals surface area contributed by atoms with Crippen molar-refractivity contribution >= 4 is 23.3 Å². The highest BCUT2D eigenvalue weighted by Gasteiger charge is 2.43. The number of hydrogen-bond donors (Lipinski definition) is 2. The summed E-state index contributed by atoms with van der Waals surface area (Å²) >= 11 is 5.80. The van der Waals surface area contributed by atoms with E-state index in [9.17, 15) is 14.3 Å². The third-order valence-corrected chi connectivity index (χ3v) is 5.78. The van der Waals surface area contributed by atoms with Crippen LogP contribution in [0.4, 0.5) is 14.9 Å². The summed E-state index contributed by atoms with van der Waals surface area (Å²) in [4.78, 5) is 16.8. The van der Waals surface area contributed by atoms with Crippen molar-refractivity contribution in [2.45, 2.75) is 39.2 Å². The molecule has 1 heterocycles. The summed E-state index contributed by atoms with van der Waals surface area (Å²) in [5, 5.41) is 12.7. The number of aliphatic hydroxyl groups excluding tert-OH is 1. The summed E-state index contributed by atoms with van der Waals surface area (Å²) in [7, 11) is 2.10. The molecule has 1 aromatic carbocycles. The Bertz CT molecular complexity index is 631. The second kappa shape index (κ2) is 10.2. The highest BCUT2D eigenvalue weighted by molar-refractivity contribution is 6.31. The van der Waals surface area contributed by atoms with Crippen molar-refractivity contribution in [1.82, 2.24) is 9.80 Å². The van der Waals surface area contributed by atoms with Gasteiger partial charge in [-0.05, 0) is 50.0 Å². The molecule has 27 heavy (non-hydrogen) atoms. The van der Waals surface area contributed by atoms with Gasteiger partial charge >= 0.3 is 6.03 Å². The number of nitrogens with zero attached hydrogens (tertiary/aromatic N) is 2. The molecule has 2 N–H and O–H groups in total. The zero-order valence-corrected chi connectivity index (χ0v) is 17.2. The van der Waals surface area contributed by atoms with Gasteiger partial charge in [0.1, 0.15) is 5.82 Å². The van der Waals surface area contributed by atoms with Crippen molar-refractivity contribution < 1.29 is 14.3 Å². The minimum atomic E-state index is -0.523. The second-order valence-corrected chi connectivity index (χ2v) is 7.82. The molecule has 1 aliphatic heterocycles. The van der Waals surface area contributed by atoms with Crippen LogP contribution in [0.5, 0.6) is 0 Å². The van der Waals surface area contributed by atoms with Crippen molar-refractivity contribution in [3.05, 3.63) is 29.0 Å². The Morgan fingerprint density at radius 3 is 2.78 bits per heavy atom. The third-order valence-electron chi connectivity index (χ3n) is 5.49. The molecule has 2 rings (SSSR count). The zero-order valence-electron chi connectivity index (χ0n) is 16.4. The predicted molar refractivity (Wildman–Crippen MR) is 108 cm³/mol. The summed E-state index contributed by atoms with van der Waals surface area (Å²) in [6.45, 7) is 6.70. The van der Waals surface area contributed by atoms with E-state index in [-0.39, 0.29) is 29.6 Å². The van der Waals surface area contributed by atoms with E-state index in [1.807, 2.05) is 0 Å². The lowest BCUT2D eigenvalue weighted by atomic mass is 9.88. The standard InChI is InChI=1S/C20H31ClFN3O2/c1-4-6-9-24(3)12-16-14(5-2)11-25(19(16)13-26)20(27)23-15-7-8-18(22)17(21)10-15/h7-8,10,14,16,19,26H,4-6,9,11-13H2,1-3H3,(H,23,27)/t14-,16-,19-/m1/s1. The van der Waals surface area contributed by atoms with Crippen LogP contribution in [0, 0.1) is 17.7 Å². The molecule has 0 spiro atoms. The Hall–Kier alpha value is -1.37. The third kappa shape index (κ3) is 5.56. The van der Waals surface area contributed by atoms with Gasteiger partial charge in [-0.1, -0.05) is 38.3 Å². The maximum atomic E-state index is 13.3. The van der Waals surface area contributed by atoms with E-state index in [0.717, 1.165) is 32.4 Å². The number of urea groups is 1. The number of likely N-dealkylation sites (tertiary alicyclic amines) is 1. The molecule has 0 saturated carbocycles. The first-order chi connectivity index (χ1) is 12.9. The molecule has 1 saturated heterocycles. The molecule has 0 unspecified atom stereocenters. The Balaban J connectivity index is 2.08. The fourth-order valence-corrected chi connectivity index (χ4v) is 4.07. The summed E-state index contributed by atoms with van der Waals surface area (Å²) in [5.41, 5.74) is 0.444. The first-order valence-electron chi connectivity index (χ1n) is 9.73. The van der Waals surface area contributed by atoms with Gasteiger partial charge in [-0.2, -0.15) is 0 Å². The number of amides is 2. The van der Waals surface area contributed by atoms with Crippen LogP contribution in [-0.4, -0.2) is 60.3 Å². The van der Waals surface area contributed by atoms with Crippen LogP contribution >= 0.6 is 11.6 Å². The molecule has 0 aliphatic carbocycles. The van der Waals surface area contributed by atoms with Crippen LogP contribution in [0.25, 0.3) is 0 Å². The van der Waals surface area contributed by atoms with Gasteiger partial charge in [-0.25, -0.2) is 9.18 Å². The fourth-order valence-electron chi connectivity index (χ4n) is 3.89. The quantitative estimate of drug-likeness (QED) is 0.693.